The molecular formula is C14H18F2N2O. The average Bonchev–Trinajstić information content (AvgIpc) is 3.11. The zero-order chi connectivity index (χ0) is 13.7. The number of halogens is 2. The molecule has 5 heteroatoms. The summed E-state index contributed by atoms with van der Waals surface area (Å²) < 4.78 is 25.8. The zero-order valence-electron chi connectivity index (χ0n) is 10.7. The quantitative estimate of drug-likeness (QED) is 0.740. The van der Waals surface area contributed by atoms with Gasteiger partial charge in [0.1, 0.15) is 11.6 Å². The van der Waals surface area contributed by atoms with E-state index in [9.17, 15) is 13.6 Å². The minimum absolute atomic E-state index is 0.0619. The van der Waals surface area contributed by atoms with Gasteiger partial charge in [-0.25, -0.2) is 8.78 Å². The predicted octanol–water partition coefficient (Wildman–Crippen LogP) is 1.77. The van der Waals surface area contributed by atoms with Gasteiger partial charge in [-0.1, -0.05) is 0 Å². The second-order valence-electron chi connectivity index (χ2n) is 4.87. The van der Waals surface area contributed by atoms with Gasteiger partial charge in [-0.2, -0.15) is 0 Å². The van der Waals surface area contributed by atoms with Gasteiger partial charge in [-0.05, 0) is 43.5 Å². The van der Waals surface area contributed by atoms with Crippen LogP contribution in [0.4, 0.5) is 8.78 Å². The largest absolute Gasteiger partial charge is 0.353 e. The van der Waals surface area contributed by atoms with E-state index in [1.54, 1.807) is 0 Å². The fourth-order valence-electron chi connectivity index (χ4n) is 1.84. The molecule has 0 heterocycles. The molecule has 1 fully saturated rings. The molecule has 0 aliphatic heterocycles. The Hall–Kier alpha value is -1.49. The highest BCUT2D eigenvalue weighted by Crippen LogP contribution is 2.18. The van der Waals surface area contributed by atoms with Crippen molar-refractivity contribution in [3.63, 3.8) is 0 Å². The van der Waals surface area contributed by atoms with Crippen LogP contribution in [0.25, 0.3) is 0 Å². The summed E-state index contributed by atoms with van der Waals surface area (Å²) in [5.74, 6) is -1.05. The molecule has 0 spiro atoms. The summed E-state index contributed by atoms with van der Waals surface area (Å²) in [5, 5.41) is 5.99. The fourth-order valence-corrected chi connectivity index (χ4v) is 1.84. The minimum atomic E-state index is -0.557. The van der Waals surface area contributed by atoms with Crippen molar-refractivity contribution in [2.75, 3.05) is 13.1 Å². The molecule has 1 aromatic rings. The maximum absolute atomic E-state index is 12.9. The molecule has 19 heavy (non-hydrogen) atoms. The van der Waals surface area contributed by atoms with Crippen LogP contribution in [0.5, 0.6) is 0 Å². The first kappa shape index (κ1) is 13.9. The number of carbonyl (C=O) groups excluding carboxylic acids is 1. The second kappa shape index (κ2) is 6.61. The number of amides is 1. The molecule has 1 aliphatic carbocycles. The van der Waals surface area contributed by atoms with Gasteiger partial charge in [0.25, 0.3) is 0 Å². The summed E-state index contributed by atoms with van der Waals surface area (Å²) in [6, 6.07) is 3.90. The van der Waals surface area contributed by atoms with Gasteiger partial charge in [0.2, 0.25) is 5.91 Å². The summed E-state index contributed by atoms with van der Waals surface area (Å²) in [4.78, 5) is 11.4. The van der Waals surface area contributed by atoms with Crippen LogP contribution in [0.15, 0.2) is 18.2 Å². The van der Waals surface area contributed by atoms with Gasteiger partial charge < -0.3 is 10.6 Å². The molecule has 0 bridgehead atoms. The Kier molecular flexibility index (Phi) is 4.85. The van der Waals surface area contributed by atoms with Crippen molar-refractivity contribution in [3.8, 4) is 0 Å². The third-order valence-electron chi connectivity index (χ3n) is 2.98. The van der Waals surface area contributed by atoms with Crippen LogP contribution in [0.2, 0.25) is 0 Å². The van der Waals surface area contributed by atoms with E-state index in [2.05, 4.69) is 10.6 Å². The minimum Gasteiger partial charge on any atom is -0.353 e. The summed E-state index contributed by atoms with van der Waals surface area (Å²) in [6.07, 6.45) is 3.15. The van der Waals surface area contributed by atoms with Crippen molar-refractivity contribution in [3.05, 3.63) is 35.4 Å². The van der Waals surface area contributed by atoms with Crippen molar-refractivity contribution in [1.29, 1.82) is 0 Å². The molecule has 2 N–H and O–H groups in total. The van der Waals surface area contributed by atoms with Gasteiger partial charge in [-0.3, -0.25) is 4.79 Å². The van der Waals surface area contributed by atoms with Crippen LogP contribution in [0.3, 0.4) is 0 Å². The first-order valence-electron chi connectivity index (χ1n) is 6.58. The molecule has 0 atom stereocenters. The van der Waals surface area contributed by atoms with Gasteiger partial charge in [0, 0.05) is 25.1 Å². The SMILES string of the molecule is O=C(CCNCCc1cc(F)cc(F)c1)NC1CC1. The molecule has 3 nitrogen and oxygen atoms in total. The third-order valence-corrected chi connectivity index (χ3v) is 2.98. The van der Waals surface area contributed by atoms with Gasteiger partial charge in [-0.15, -0.1) is 0 Å². The van der Waals surface area contributed by atoms with Crippen molar-refractivity contribution >= 4 is 5.91 Å². The first-order valence-corrected chi connectivity index (χ1v) is 6.58. The number of hydrogen-bond acceptors (Lipinski definition) is 2. The van der Waals surface area contributed by atoms with Crippen molar-refractivity contribution in [2.45, 2.75) is 31.7 Å². The maximum Gasteiger partial charge on any atom is 0.221 e. The number of nitrogens with one attached hydrogen (secondary N) is 2. The molecule has 2 rings (SSSR count). The van der Waals surface area contributed by atoms with Gasteiger partial charge >= 0.3 is 0 Å². The maximum atomic E-state index is 12.9. The van der Waals surface area contributed by atoms with Crippen molar-refractivity contribution < 1.29 is 13.6 Å². The smallest absolute Gasteiger partial charge is 0.221 e. The monoisotopic (exact) mass is 268 g/mol. The third kappa shape index (κ3) is 5.34. The Labute approximate surface area is 111 Å². The van der Waals surface area contributed by atoms with Crippen LogP contribution in [-0.4, -0.2) is 25.0 Å². The van der Waals surface area contributed by atoms with Crippen LogP contribution < -0.4 is 10.6 Å². The zero-order valence-corrected chi connectivity index (χ0v) is 10.7. The lowest BCUT2D eigenvalue weighted by molar-refractivity contribution is -0.121. The van der Waals surface area contributed by atoms with E-state index < -0.39 is 11.6 Å². The Morgan fingerprint density at radius 3 is 2.47 bits per heavy atom. The van der Waals surface area contributed by atoms with Crippen LogP contribution >= 0.6 is 0 Å². The lowest BCUT2D eigenvalue weighted by Gasteiger charge is -2.06. The van der Waals surface area contributed by atoms with E-state index >= 15 is 0 Å². The Balaban J connectivity index is 1.59. The lowest BCUT2D eigenvalue weighted by atomic mass is 10.1. The summed E-state index contributed by atoms with van der Waals surface area (Å²) >= 11 is 0. The number of rotatable bonds is 7. The summed E-state index contributed by atoms with van der Waals surface area (Å²) in [5.41, 5.74) is 0.618. The van der Waals surface area contributed by atoms with E-state index in [1.165, 1.54) is 12.1 Å². The van der Waals surface area contributed by atoms with Crippen LogP contribution in [0, 0.1) is 11.6 Å². The van der Waals surface area contributed by atoms with E-state index in [-0.39, 0.29) is 5.91 Å². The van der Waals surface area contributed by atoms with Crippen LogP contribution in [-0.2, 0) is 11.2 Å². The molecule has 104 valence electrons. The summed E-state index contributed by atoms with van der Waals surface area (Å²) in [6.45, 7) is 1.18. The van der Waals surface area contributed by atoms with Crippen molar-refractivity contribution in [1.82, 2.24) is 10.6 Å². The molecule has 0 saturated heterocycles. The highest BCUT2D eigenvalue weighted by atomic mass is 19.1. The molecule has 1 aliphatic rings. The number of benzene rings is 1. The topological polar surface area (TPSA) is 41.1 Å². The number of hydrogen-bond donors (Lipinski definition) is 2. The standard InChI is InChI=1S/C14H18F2N2O/c15-11-7-10(8-12(16)9-11)3-5-17-6-4-14(19)18-13-1-2-13/h7-9,13,17H,1-6H2,(H,18,19). The molecule has 1 aromatic carbocycles. The number of carbonyl (C=O) groups is 1. The van der Waals surface area contributed by atoms with E-state index in [1.807, 2.05) is 0 Å². The molecular weight excluding hydrogens is 250 g/mol. The summed E-state index contributed by atoms with van der Waals surface area (Å²) in [7, 11) is 0. The highest BCUT2D eigenvalue weighted by molar-refractivity contribution is 5.76. The van der Waals surface area contributed by atoms with E-state index in [0.29, 0.717) is 37.5 Å². The Morgan fingerprint density at radius 2 is 1.84 bits per heavy atom. The molecule has 1 saturated carbocycles. The molecule has 1 amide bonds. The Bertz CT molecular complexity index is 427. The van der Waals surface area contributed by atoms with Crippen molar-refractivity contribution in [2.24, 2.45) is 0 Å². The lowest BCUT2D eigenvalue weighted by Crippen LogP contribution is -2.29. The fraction of sp³-hybridized carbons (Fsp3) is 0.500. The first-order chi connectivity index (χ1) is 9.13. The normalized spacial score (nSPS) is 14.4. The average molecular weight is 268 g/mol. The van der Waals surface area contributed by atoms with Crippen LogP contribution in [0.1, 0.15) is 24.8 Å². The van der Waals surface area contributed by atoms with Gasteiger partial charge in [0.15, 0.2) is 0 Å². The van der Waals surface area contributed by atoms with E-state index in [4.69, 9.17) is 0 Å². The molecule has 0 aromatic heterocycles. The van der Waals surface area contributed by atoms with Gasteiger partial charge in [0.05, 0.1) is 0 Å². The Morgan fingerprint density at radius 1 is 1.16 bits per heavy atom. The highest BCUT2D eigenvalue weighted by Gasteiger charge is 2.22. The second-order valence-corrected chi connectivity index (χ2v) is 4.87. The molecule has 0 radical (unpaired) electrons. The molecule has 0 unspecified atom stereocenters. The van der Waals surface area contributed by atoms with E-state index in [0.717, 1.165) is 18.9 Å². The predicted molar refractivity (Wildman–Crippen MR) is 68.7 cm³/mol.